The Morgan fingerprint density at radius 2 is 0.633 bits per heavy atom. The molecule has 0 aromatic heterocycles. The second-order valence-electron chi connectivity index (χ2n) is 26.6. The molecular formula is C80H144NO8P. The number of esters is 2. The molecule has 2 unspecified atom stereocenters. The number of nitrogens with zero attached hydrogens (tertiary/aromatic N) is 1. The predicted molar refractivity (Wildman–Crippen MR) is 388 cm³/mol. The van der Waals surface area contributed by atoms with E-state index in [4.69, 9.17) is 18.5 Å². The summed E-state index contributed by atoms with van der Waals surface area (Å²) in [5, 5.41) is 0. The van der Waals surface area contributed by atoms with Crippen LogP contribution in [0.15, 0.2) is 97.2 Å². The number of likely N-dealkylation sites (N-methyl/N-ethyl adjacent to an activating group) is 1. The summed E-state index contributed by atoms with van der Waals surface area (Å²) in [4.78, 5) is 38.1. The molecular weight excluding hydrogens is 1130 g/mol. The summed E-state index contributed by atoms with van der Waals surface area (Å²) in [6, 6.07) is 0. The van der Waals surface area contributed by atoms with Gasteiger partial charge >= 0.3 is 11.9 Å². The van der Waals surface area contributed by atoms with E-state index in [1.165, 1.54) is 231 Å². The normalized spacial score (nSPS) is 13.6. The monoisotopic (exact) mass is 1280 g/mol. The largest absolute Gasteiger partial charge is 0.756 e. The third-order valence-corrected chi connectivity index (χ3v) is 17.6. The van der Waals surface area contributed by atoms with Crippen molar-refractivity contribution >= 4 is 19.8 Å². The van der Waals surface area contributed by atoms with Gasteiger partial charge in [0, 0.05) is 12.8 Å². The average Bonchev–Trinajstić information content (AvgIpc) is 3.61. The van der Waals surface area contributed by atoms with E-state index < -0.39 is 32.5 Å². The molecule has 0 saturated heterocycles. The van der Waals surface area contributed by atoms with Crippen molar-refractivity contribution < 1.29 is 42.1 Å². The van der Waals surface area contributed by atoms with Crippen LogP contribution in [-0.2, 0) is 32.7 Å². The molecule has 0 aromatic rings. The summed E-state index contributed by atoms with van der Waals surface area (Å²) in [6.07, 6.45) is 98.3. The van der Waals surface area contributed by atoms with Crippen LogP contribution >= 0.6 is 7.82 Å². The van der Waals surface area contributed by atoms with Gasteiger partial charge in [0.1, 0.15) is 19.8 Å². The minimum Gasteiger partial charge on any atom is -0.756 e. The first kappa shape index (κ1) is 86.9. The Balaban J connectivity index is 3.99. The second kappa shape index (κ2) is 70.3. The van der Waals surface area contributed by atoms with Gasteiger partial charge in [0.15, 0.2) is 6.10 Å². The number of allylic oxidation sites excluding steroid dienone is 16. The molecule has 0 fully saturated rings. The van der Waals surface area contributed by atoms with Crippen molar-refractivity contribution in [1.29, 1.82) is 0 Å². The Bertz CT molecular complexity index is 1840. The lowest BCUT2D eigenvalue weighted by atomic mass is 10.0. The Hall–Kier alpha value is -3.07. The Kier molecular flexibility index (Phi) is 67.9. The zero-order valence-electron chi connectivity index (χ0n) is 59.6. The zero-order chi connectivity index (χ0) is 65.5. The number of carbonyl (C=O) groups is 2. The smallest absolute Gasteiger partial charge is 0.306 e. The summed E-state index contributed by atoms with van der Waals surface area (Å²) in [5.74, 6) is -0.878. The van der Waals surface area contributed by atoms with Gasteiger partial charge in [-0.2, -0.15) is 0 Å². The highest BCUT2D eigenvalue weighted by molar-refractivity contribution is 7.45. The average molecular weight is 1280 g/mol. The standard InChI is InChI=1S/C80H144NO8P/c1-6-8-10-12-14-16-18-20-22-24-26-28-30-32-34-35-36-37-38-39-40-41-42-43-44-45-47-48-50-52-54-56-58-60-62-64-66-68-70-72-79(82)86-76-78(77-88-90(84,85)87-75-74-81(3,4)5)89-80(83)73-71-69-67-65-63-61-59-57-55-53-51-49-46-33-31-29-27-25-23-21-19-17-15-13-11-9-7-2/h9,11,15,17,21,23,27,29,33,46,51,53,57,59,63,65,78H,6-8,10,12-14,16,18-20,22,24-26,28,30-32,34-45,47-50,52,54-56,58,60-62,64,66-77H2,1-5H3/b11-9-,17-15-,23-21-,29-27-,46-33-,53-51-,59-57-,65-63-. The molecule has 10 heteroatoms. The van der Waals surface area contributed by atoms with Gasteiger partial charge in [-0.3, -0.25) is 14.2 Å². The number of quaternary nitrogens is 1. The predicted octanol–water partition coefficient (Wildman–Crippen LogP) is 24.4. The third-order valence-electron chi connectivity index (χ3n) is 16.6. The Labute approximate surface area is 557 Å². The van der Waals surface area contributed by atoms with Gasteiger partial charge in [-0.1, -0.05) is 355 Å². The second-order valence-corrected chi connectivity index (χ2v) is 28.1. The molecule has 0 N–H and O–H groups in total. The maximum absolute atomic E-state index is 12.8. The van der Waals surface area contributed by atoms with Crippen LogP contribution in [0.5, 0.6) is 0 Å². The number of phosphoric ester groups is 1. The van der Waals surface area contributed by atoms with Crippen LogP contribution in [-0.4, -0.2) is 70.0 Å². The summed E-state index contributed by atoms with van der Waals surface area (Å²) >= 11 is 0. The number of hydrogen-bond donors (Lipinski definition) is 0. The summed E-state index contributed by atoms with van der Waals surface area (Å²) in [6.45, 7) is 4.11. The Morgan fingerprint density at radius 3 is 0.944 bits per heavy atom. The van der Waals surface area contributed by atoms with Crippen LogP contribution < -0.4 is 4.89 Å². The van der Waals surface area contributed by atoms with Gasteiger partial charge < -0.3 is 27.9 Å². The highest BCUT2D eigenvalue weighted by atomic mass is 31.2. The Morgan fingerprint density at radius 1 is 0.356 bits per heavy atom. The molecule has 9 nitrogen and oxygen atoms in total. The number of rotatable bonds is 70. The fourth-order valence-corrected chi connectivity index (χ4v) is 11.6. The topological polar surface area (TPSA) is 111 Å². The molecule has 0 spiro atoms. The summed E-state index contributed by atoms with van der Waals surface area (Å²) in [5.41, 5.74) is 0. The van der Waals surface area contributed by atoms with Crippen LogP contribution in [0.4, 0.5) is 0 Å². The fraction of sp³-hybridized carbons (Fsp3) is 0.775. The van der Waals surface area contributed by atoms with Crippen LogP contribution in [0, 0.1) is 0 Å². The molecule has 0 rings (SSSR count). The minimum atomic E-state index is -4.66. The first-order valence-corrected chi connectivity index (χ1v) is 39.4. The first-order valence-electron chi connectivity index (χ1n) is 37.9. The van der Waals surface area contributed by atoms with Crippen molar-refractivity contribution in [2.75, 3.05) is 47.5 Å². The van der Waals surface area contributed by atoms with E-state index in [-0.39, 0.29) is 26.1 Å². The van der Waals surface area contributed by atoms with Gasteiger partial charge in [-0.05, 0) is 77.0 Å². The first-order chi connectivity index (χ1) is 44.0. The van der Waals surface area contributed by atoms with Crippen molar-refractivity contribution in [2.45, 2.75) is 354 Å². The molecule has 0 amide bonds. The fourth-order valence-electron chi connectivity index (χ4n) is 10.9. The lowest BCUT2D eigenvalue weighted by molar-refractivity contribution is -0.870. The SMILES string of the molecule is CC/C=C\C/C=C\C/C=C\C/C=C\C/C=C\C/C=C\C/C=C\C/C=C\CCCCC(=O)OC(COC(=O)CCCCCCCCCCCCCCCCCCCCCCCCCCCCCCCCCCCCCCCCC)COP(=O)([O-])OCC[N+](C)(C)C. The molecule has 2 atom stereocenters. The summed E-state index contributed by atoms with van der Waals surface area (Å²) < 4.78 is 34.3. The maximum Gasteiger partial charge on any atom is 0.306 e. The van der Waals surface area contributed by atoms with E-state index in [1.54, 1.807) is 0 Å². The number of phosphoric acid groups is 1. The van der Waals surface area contributed by atoms with Crippen LogP contribution in [0.2, 0.25) is 0 Å². The molecule has 0 aliphatic heterocycles. The molecule has 522 valence electrons. The molecule has 0 aliphatic carbocycles. The lowest BCUT2D eigenvalue weighted by Crippen LogP contribution is -2.37. The third kappa shape index (κ3) is 74.0. The number of hydrogen-bond acceptors (Lipinski definition) is 8. The summed E-state index contributed by atoms with van der Waals surface area (Å²) in [7, 11) is 1.14. The van der Waals surface area contributed by atoms with Gasteiger partial charge in [-0.25, -0.2) is 0 Å². The van der Waals surface area contributed by atoms with Crippen LogP contribution in [0.25, 0.3) is 0 Å². The van der Waals surface area contributed by atoms with Gasteiger partial charge in [0.05, 0.1) is 27.7 Å². The van der Waals surface area contributed by atoms with E-state index in [1.807, 2.05) is 21.1 Å². The van der Waals surface area contributed by atoms with E-state index in [2.05, 4.69) is 111 Å². The molecule has 0 bridgehead atoms. The van der Waals surface area contributed by atoms with Gasteiger partial charge in [0.2, 0.25) is 0 Å². The molecule has 0 saturated carbocycles. The quantitative estimate of drug-likeness (QED) is 0.0195. The van der Waals surface area contributed by atoms with E-state index in [0.717, 1.165) is 83.5 Å². The number of unbranched alkanes of at least 4 members (excludes halogenated alkanes) is 40. The van der Waals surface area contributed by atoms with Crippen LogP contribution in [0.1, 0.15) is 348 Å². The van der Waals surface area contributed by atoms with Crippen molar-refractivity contribution in [3.05, 3.63) is 97.2 Å². The number of ether oxygens (including phenoxy) is 2. The van der Waals surface area contributed by atoms with E-state index in [0.29, 0.717) is 17.4 Å². The van der Waals surface area contributed by atoms with Crippen molar-refractivity contribution in [1.82, 2.24) is 0 Å². The lowest BCUT2D eigenvalue weighted by Gasteiger charge is -2.28. The van der Waals surface area contributed by atoms with E-state index in [9.17, 15) is 19.0 Å². The molecule has 0 heterocycles. The highest BCUT2D eigenvalue weighted by Crippen LogP contribution is 2.38. The minimum absolute atomic E-state index is 0.0431. The van der Waals surface area contributed by atoms with Gasteiger partial charge in [0.25, 0.3) is 7.82 Å². The zero-order valence-corrected chi connectivity index (χ0v) is 60.5. The number of carbonyl (C=O) groups excluding carboxylic acids is 2. The van der Waals surface area contributed by atoms with Crippen molar-refractivity contribution in [3.8, 4) is 0 Å². The molecule has 90 heavy (non-hydrogen) atoms. The molecule has 0 radical (unpaired) electrons. The van der Waals surface area contributed by atoms with E-state index >= 15 is 0 Å². The van der Waals surface area contributed by atoms with Crippen molar-refractivity contribution in [2.24, 2.45) is 0 Å². The molecule has 0 aliphatic rings. The van der Waals surface area contributed by atoms with Crippen LogP contribution in [0.3, 0.4) is 0 Å². The highest BCUT2D eigenvalue weighted by Gasteiger charge is 2.22. The van der Waals surface area contributed by atoms with Gasteiger partial charge in [-0.15, -0.1) is 0 Å². The maximum atomic E-state index is 12.8. The van der Waals surface area contributed by atoms with Crippen molar-refractivity contribution in [3.63, 3.8) is 0 Å². The molecule has 0 aromatic carbocycles.